The Labute approximate surface area is 131 Å². The molecule has 1 atom stereocenters. The predicted octanol–water partition coefficient (Wildman–Crippen LogP) is 3.01. The quantitative estimate of drug-likeness (QED) is 0.834. The van der Waals surface area contributed by atoms with E-state index in [1.54, 1.807) is 0 Å². The number of nitrogens with zero attached hydrogens (tertiary/aromatic N) is 2. The number of carbonyl (C=O) groups excluding carboxylic acids is 1. The first-order valence-electron chi connectivity index (χ1n) is 6.44. The molecule has 5 nitrogen and oxygen atoms in total. The van der Waals surface area contributed by atoms with E-state index in [0.717, 1.165) is 11.3 Å². The molecule has 1 unspecified atom stereocenters. The predicted molar refractivity (Wildman–Crippen MR) is 82.8 cm³/mol. The van der Waals surface area contributed by atoms with Crippen LogP contribution in [0.3, 0.4) is 0 Å². The Kier molecular flexibility index (Phi) is 3.94. The molecule has 0 saturated heterocycles. The Morgan fingerprint density at radius 3 is 2.71 bits per heavy atom. The molecule has 0 fully saturated rings. The van der Waals surface area contributed by atoms with Crippen molar-refractivity contribution in [2.24, 2.45) is 5.92 Å². The van der Waals surface area contributed by atoms with Gasteiger partial charge in [-0.2, -0.15) is 0 Å². The minimum Gasteiger partial charge on any atom is -0.384 e. The number of halogens is 2. The number of hydrogen-bond acceptors (Lipinski definition) is 4. The monoisotopic (exact) mass is 322 g/mol. The Hall–Kier alpha value is -1.85. The molecule has 1 amide bonds. The molecule has 2 heterocycles. The normalized spacial score (nSPS) is 16.8. The number of anilines is 2. The maximum Gasteiger partial charge on any atom is 0.229 e. The largest absolute Gasteiger partial charge is 0.384 e. The lowest BCUT2D eigenvalue weighted by molar-refractivity contribution is -0.119. The fraction of sp³-hybridized carbons (Fsp3) is 0.214. The summed E-state index contributed by atoms with van der Waals surface area (Å²) in [4.78, 5) is 20.0. The summed E-state index contributed by atoms with van der Waals surface area (Å²) in [6.07, 6.45) is 1.91. The van der Waals surface area contributed by atoms with E-state index in [1.165, 1.54) is 6.33 Å². The second kappa shape index (κ2) is 5.87. The van der Waals surface area contributed by atoms with E-state index in [-0.39, 0.29) is 27.8 Å². The third-order valence-corrected chi connectivity index (χ3v) is 3.97. The summed E-state index contributed by atoms with van der Waals surface area (Å²) < 4.78 is 0. The van der Waals surface area contributed by atoms with Crippen molar-refractivity contribution in [3.63, 3.8) is 0 Å². The number of carbonyl (C=O) groups is 1. The van der Waals surface area contributed by atoms with Crippen molar-refractivity contribution in [1.82, 2.24) is 9.97 Å². The van der Waals surface area contributed by atoms with E-state index < -0.39 is 0 Å². The third-order valence-electron chi connectivity index (χ3n) is 3.40. The molecule has 1 aliphatic heterocycles. The van der Waals surface area contributed by atoms with Gasteiger partial charge in [0.2, 0.25) is 5.91 Å². The summed E-state index contributed by atoms with van der Waals surface area (Å²) in [7, 11) is 0. The van der Waals surface area contributed by atoms with Gasteiger partial charge in [-0.1, -0.05) is 41.4 Å². The van der Waals surface area contributed by atoms with E-state index in [9.17, 15) is 4.79 Å². The van der Waals surface area contributed by atoms with E-state index >= 15 is 0 Å². The molecule has 1 aliphatic rings. The van der Waals surface area contributed by atoms with Crippen LogP contribution in [0.4, 0.5) is 11.4 Å². The van der Waals surface area contributed by atoms with Crippen LogP contribution in [0, 0.1) is 5.92 Å². The Bertz CT molecular complexity index is 672. The van der Waals surface area contributed by atoms with Crippen LogP contribution in [0.5, 0.6) is 0 Å². The number of nitrogens with one attached hydrogen (secondary N) is 2. The third kappa shape index (κ3) is 2.94. The van der Waals surface area contributed by atoms with Gasteiger partial charge in [0.25, 0.3) is 0 Å². The molecule has 21 heavy (non-hydrogen) atoms. The molecule has 0 spiro atoms. The number of hydrogen-bond donors (Lipinski definition) is 2. The van der Waals surface area contributed by atoms with Gasteiger partial charge in [-0.15, -0.1) is 0 Å². The number of benzene rings is 1. The van der Waals surface area contributed by atoms with Gasteiger partial charge in [-0.05, 0) is 18.1 Å². The lowest BCUT2D eigenvalue weighted by atomic mass is 9.93. The molecule has 108 valence electrons. The topological polar surface area (TPSA) is 66.9 Å². The number of para-hydroxylation sites is 1. The molecule has 7 heteroatoms. The highest BCUT2D eigenvalue weighted by atomic mass is 35.5. The van der Waals surface area contributed by atoms with Gasteiger partial charge in [0, 0.05) is 12.2 Å². The van der Waals surface area contributed by atoms with Crippen LogP contribution in [-0.4, -0.2) is 22.4 Å². The number of amides is 1. The lowest BCUT2D eigenvalue weighted by Crippen LogP contribution is -2.34. The van der Waals surface area contributed by atoms with Gasteiger partial charge in [0.05, 0.1) is 5.92 Å². The SMILES string of the molecule is O=C(Nc1c(Cl)ncnc1Cl)C1CNc2ccccc2C1. The Morgan fingerprint density at radius 2 is 1.95 bits per heavy atom. The zero-order valence-corrected chi connectivity index (χ0v) is 12.4. The first kappa shape index (κ1) is 14.1. The van der Waals surface area contributed by atoms with Crippen LogP contribution in [-0.2, 0) is 11.2 Å². The summed E-state index contributed by atoms with van der Waals surface area (Å²) >= 11 is 11.9. The molecular weight excluding hydrogens is 311 g/mol. The highest BCUT2D eigenvalue weighted by molar-refractivity contribution is 6.38. The van der Waals surface area contributed by atoms with Crippen molar-refractivity contribution >= 4 is 40.5 Å². The van der Waals surface area contributed by atoms with E-state index in [2.05, 4.69) is 20.6 Å². The summed E-state index contributed by atoms with van der Waals surface area (Å²) in [5.41, 5.74) is 2.44. The molecular formula is C14H12Cl2N4O. The van der Waals surface area contributed by atoms with Crippen LogP contribution < -0.4 is 10.6 Å². The molecule has 0 radical (unpaired) electrons. The van der Waals surface area contributed by atoms with Crippen LogP contribution in [0.1, 0.15) is 5.56 Å². The zero-order valence-electron chi connectivity index (χ0n) is 10.9. The summed E-state index contributed by atoms with van der Waals surface area (Å²) in [5.74, 6) is -0.358. The molecule has 2 N–H and O–H groups in total. The maximum atomic E-state index is 12.4. The molecule has 0 saturated carbocycles. The van der Waals surface area contributed by atoms with E-state index in [0.29, 0.717) is 13.0 Å². The fourth-order valence-corrected chi connectivity index (χ4v) is 2.71. The van der Waals surface area contributed by atoms with Crippen molar-refractivity contribution in [2.45, 2.75) is 6.42 Å². The standard InChI is InChI=1S/C14H12Cl2N4O/c15-12-11(13(16)19-7-18-12)20-14(21)9-5-8-3-1-2-4-10(8)17-6-9/h1-4,7,9,17H,5-6H2,(H,20,21). The van der Waals surface area contributed by atoms with Crippen molar-refractivity contribution in [3.8, 4) is 0 Å². The fourth-order valence-electron chi connectivity index (χ4n) is 2.30. The highest BCUT2D eigenvalue weighted by Crippen LogP contribution is 2.28. The minimum atomic E-state index is -0.202. The van der Waals surface area contributed by atoms with E-state index in [4.69, 9.17) is 23.2 Å². The molecule has 2 aromatic rings. The first-order chi connectivity index (χ1) is 10.1. The second-order valence-corrected chi connectivity index (χ2v) is 5.47. The number of fused-ring (bicyclic) bond motifs is 1. The molecule has 1 aromatic carbocycles. The Morgan fingerprint density at radius 1 is 1.24 bits per heavy atom. The van der Waals surface area contributed by atoms with Crippen LogP contribution >= 0.6 is 23.2 Å². The zero-order chi connectivity index (χ0) is 14.8. The highest BCUT2D eigenvalue weighted by Gasteiger charge is 2.25. The van der Waals surface area contributed by atoms with E-state index in [1.807, 2.05) is 24.3 Å². The molecule has 0 bridgehead atoms. The smallest absolute Gasteiger partial charge is 0.229 e. The van der Waals surface area contributed by atoms with Crippen LogP contribution in [0.25, 0.3) is 0 Å². The van der Waals surface area contributed by atoms with Gasteiger partial charge in [-0.3, -0.25) is 4.79 Å². The lowest BCUT2D eigenvalue weighted by Gasteiger charge is -2.25. The summed E-state index contributed by atoms with van der Waals surface area (Å²) in [6.45, 7) is 0.561. The molecule has 1 aromatic heterocycles. The number of aromatic nitrogens is 2. The first-order valence-corrected chi connectivity index (χ1v) is 7.19. The maximum absolute atomic E-state index is 12.4. The summed E-state index contributed by atoms with van der Waals surface area (Å²) in [6, 6.07) is 7.93. The minimum absolute atomic E-state index is 0.132. The van der Waals surface area contributed by atoms with Gasteiger partial charge in [-0.25, -0.2) is 9.97 Å². The van der Waals surface area contributed by atoms with Gasteiger partial charge in [0.1, 0.15) is 12.0 Å². The van der Waals surface area contributed by atoms with Crippen molar-refractivity contribution in [3.05, 3.63) is 46.5 Å². The van der Waals surface area contributed by atoms with Crippen molar-refractivity contribution in [2.75, 3.05) is 17.2 Å². The van der Waals surface area contributed by atoms with Gasteiger partial charge < -0.3 is 10.6 Å². The van der Waals surface area contributed by atoms with Crippen molar-refractivity contribution in [1.29, 1.82) is 0 Å². The average Bonchev–Trinajstić information content (AvgIpc) is 2.50. The van der Waals surface area contributed by atoms with Gasteiger partial charge >= 0.3 is 0 Å². The average molecular weight is 323 g/mol. The number of rotatable bonds is 2. The van der Waals surface area contributed by atoms with Crippen LogP contribution in [0.2, 0.25) is 10.3 Å². The second-order valence-electron chi connectivity index (χ2n) is 4.76. The summed E-state index contributed by atoms with van der Waals surface area (Å²) in [5, 5.41) is 6.23. The Balaban J connectivity index is 1.76. The molecule has 3 rings (SSSR count). The van der Waals surface area contributed by atoms with Crippen molar-refractivity contribution < 1.29 is 4.79 Å². The molecule has 0 aliphatic carbocycles. The van der Waals surface area contributed by atoms with Gasteiger partial charge in [0.15, 0.2) is 10.3 Å². The van der Waals surface area contributed by atoms with Crippen LogP contribution in [0.15, 0.2) is 30.6 Å².